The van der Waals surface area contributed by atoms with Crippen LogP contribution in [-0.2, 0) is 4.79 Å². The average Bonchev–Trinajstić information content (AvgIpc) is 2.50. The molecular weight excluding hydrogens is 272 g/mol. The predicted molar refractivity (Wildman–Crippen MR) is 91.3 cm³/mol. The summed E-state index contributed by atoms with van der Waals surface area (Å²) in [6.07, 6.45) is 1.32. The first-order valence-corrected chi connectivity index (χ1v) is 7.42. The minimum atomic E-state index is -0.923. The highest BCUT2D eigenvalue weighted by Gasteiger charge is 2.17. The molecule has 0 aliphatic heterocycles. The Balaban J connectivity index is 2.83. The van der Waals surface area contributed by atoms with Crippen LogP contribution in [0.25, 0.3) is 5.57 Å². The molecule has 1 N–H and O–H groups in total. The molecule has 22 heavy (non-hydrogen) atoms. The van der Waals surface area contributed by atoms with Gasteiger partial charge in [-0.15, -0.1) is 0 Å². The molecule has 2 heteroatoms. The fourth-order valence-corrected chi connectivity index (χ4v) is 2.95. The third kappa shape index (κ3) is 2.82. The molecule has 0 unspecified atom stereocenters. The van der Waals surface area contributed by atoms with Crippen molar-refractivity contribution in [3.8, 4) is 0 Å². The van der Waals surface area contributed by atoms with Gasteiger partial charge in [-0.1, -0.05) is 30.3 Å². The largest absolute Gasteiger partial charge is 0.478 e. The highest BCUT2D eigenvalue weighted by atomic mass is 16.4. The summed E-state index contributed by atoms with van der Waals surface area (Å²) in [4.78, 5) is 11.3. The van der Waals surface area contributed by atoms with E-state index in [4.69, 9.17) is 0 Å². The molecule has 0 saturated carbocycles. The summed E-state index contributed by atoms with van der Waals surface area (Å²) in [7, 11) is 0. The Morgan fingerprint density at radius 3 is 1.73 bits per heavy atom. The molecule has 2 aromatic rings. The van der Waals surface area contributed by atoms with Crippen LogP contribution in [0.15, 0.2) is 36.4 Å². The maximum atomic E-state index is 11.3. The van der Waals surface area contributed by atoms with Gasteiger partial charge in [0.2, 0.25) is 0 Å². The number of hydrogen-bond donors (Lipinski definition) is 1. The number of rotatable bonds is 3. The van der Waals surface area contributed by atoms with Crippen molar-refractivity contribution in [2.75, 3.05) is 0 Å². The van der Waals surface area contributed by atoms with Gasteiger partial charge in [-0.2, -0.15) is 0 Å². The van der Waals surface area contributed by atoms with Gasteiger partial charge in [0.15, 0.2) is 0 Å². The Bertz CT molecular complexity index is 724. The Hall–Kier alpha value is -2.35. The number of aliphatic carboxylic acids is 1. The zero-order valence-electron chi connectivity index (χ0n) is 13.8. The van der Waals surface area contributed by atoms with Gasteiger partial charge in [-0.25, -0.2) is 4.79 Å². The lowest BCUT2D eigenvalue weighted by atomic mass is 9.84. The second kappa shape index (κ2) is 6.18. The molecule has 2 rings (SSSR count). The second-order valence-electron chi connectivity index (χ2n) is 5.76. The van der Waals surface area contributed by atoms with Crippen LogP contribution in [0.2, 0.25) is 0 Å². The summed E-state index contributed by atoms with van der Waals surface area (Å²) >= 11 is 0. The normalized spacial score (nSPS) is 11.6. The van der Waals surface area contributed by atoms with E-state index < -0.39 is 5.97 Å². The Kier molecular flexibility index (Phi) is 4.51. The molecule has 0 atom stereocenters. The number of hydrogen-bond acceptors (Lipinski definition) is 1. The van der Waals surface area contributed by atoms with Gasteiger partial charge in [0.25, 0.3) is 0 Å². The topological polar surface area (TPSA) is 37.3 Å². The van der Waals surface area contributed by atoms with Crippen LogP contribution in [0, 0.1) is 34.6 Å². The molecule has 2 aromatic carbocycles. The molecule has 0 aromatic heterocycles. The van der Waals surface area contributed by atoms with Gasteiger partial charge >= 0.3 is 5.97 Å². The van der Waals surface area contributed by atoms with Crippen LogP contribution < -0.4 is 0 Å². The zero-order valence-corrected chi connectivity index (χ0v) is 13.8. The van der Waals surface area contributed by atoms with E-state index in [1.807, 2.05) is 30.3 Å². The number of benzene rings is 2. The molecule has 2 nitrogen and oxygen atoms in total. The van der Waals surface area contributed by atoms with Crippen molar-refractivity contribution in [1.82, 2.24) is 0 Å². The Labute approximate surface area is 132 Å². The second-order valence-corrected chi connectivity index (χ2v) is 5.76. The van der Waals surface area contributed by atoms with E-state index in [0.29, 0.717) is 0 Å². The summed E-state index contributed by atoms with van der Waals surface area (Å²) in [5.74, 6) is -0.923. The van der Waals surface area contributed by atoms with Crippen molar-refractivity contribution in [2.24, 2.45) is 0 Å². The molecule has 0 spiro atoms. The standard InChI is InChI=1S/C20H22O2/c1-12-13(2)15(4)20(16(5)14(12)3)18(11-19(21)22)17-9-7-6-8-10-17/h6-11H,1-5H3,(H,21,22)/b18-11+. The average molecular weight is 294 g/mol. The smallest absolute Gasteiger partial charge is 0.328 e. The van der Waals surface area contributed by atoms with Crippen molar-refractivity contribution >= 4 is 11.5 Å². The Morgan fingerprint density at radius 2 is 1.27 bits per heavy atom. The maximum absolute atomic E-state index is 11.3. The SMILES string of the molecule is Cc1c(C)c(C)c(/C(=C/C(=O)O)c2ccccc2)c(C)c1C. The maximum Gasteiger partial charge on any atom is 0.328 e. The molecule has 0 radical (unpaired) electrons. The van der Waals surface area contributed by atoms with E-state index >= 15 is 0 Å². The lowest BCUT2D eigenvalue weighted by Gasteiger charge is -2.21. The molecule has 0 fully saturated rings. The van der Waals surface area contributed by atoms with Crippen molar-refractivity contribution in [3.63, 3.8) is 0 Å². The van der Waals surface area contributed by atoms with Crippen LogP contribution in [0.4, 0.5) is 0 Å². The van der Waals surface area contributed by atoms with E-state index in [0.717, 1.165) is 27.8 Å². The third-order valence-corrected chi connectivity index (χ3v) is 4.62. The zero-order chi connectivity index (χ0) is 16.4. The molecule has 0 bridgehead atoms. The van der Waals surface area contributed by atoms with Crippen molar-refractivity contribution in [2.45, 2.75) is 34.6 Å². The van der Waals surface area contributed by atoms with Crippen molar-refractivity contribution < 1.29 is 9.90 Å². The van der Waals surface area contributed by atoms with Gasteiger partial charge in [0.1, 0.15) is 0 Å². The molecule has 0 aliphatic rings. The fourth-order valence-electron chi connectivity index (χ4n) is 2.95. The fraction of sp³-hybridized carbons (Fsp3) is 0.250. The summed E-state index contributed by atoms with van der Waals surface area (Å²) < 4.78 is 0. The van der Waals surface area contributed by atoms with Crippen LogP contribution >= 0.6 is 0 Å². The first kappa shape index (κ1) is 16.0. The van der Waals surface area contributed by atoms with Gasteiger partial charge in [-0.3, -0.25) is 0 Å². The van der Waals surface area contributed by atoms with Crippen molar-refractivity contribution in [3.05, 3.63) is 75.4 Å². The first-order chi connectivity index (χ1) is 10.3. The highest BCUT2D eigenvalue weighted by molar-refractivity contribution is 5.97. The van der Waals surface area contributed by atoms with Crippen LogP contribution in [0.5, 0.6) is 0 Å². The molecule has 0 aliphatic carbocycles. The van der Waals surface area contributed by atoms with Crippen LogP contribution in [-0.4, -0.2) is 11.1 Å². The molecular formula is C20H22O2. The summed E-state index contributed by atoms with van der Waals surface area (Å²) in [5, 5.41) is 9.31. The summed E-state index contributed by atoms with van der Waals surface area (Å²) in [5.41, 5.74) is 8.77. The minimum Gasteiger partial charge on any atom is -0.478 e. The summed E-state index contributed by atoms with van der Waals surface area (Å²) in [6, 6.07) is 9.72. The van der Waals surface area contributed by atoms with Gasteiger partial charge < -0.3 is 5.11 Å². The predicted octanol–water partition coefficient (Wildman–Crippen LogP) is 4.75. The molecule has 114 valence electrons. The van der Waals surface area contributed by atoms with E-state index in [2.05, 4.69) is 34.6 Å². The molecule has 0 amide bonds. The highest BCUT2D eigenvalue weighted by Crippen LogP contribution is 2.34. The van der Waals surface area contributed by atoms with Gasteiger partial charge in [-0.05, 0) is 79.1 Å². The monoisotopic (exact) mass is 294 g/mol. The third-order valence-electron chi connectivity index (χ3n) is 4.62. The lowest BCUT2D eigenvalue weighted by Crippen LogP contribution is -2.05. The van der Waals surface area contributed by atoms with Gasteiger partial charge in [0, 0.05) is 6.08 Å². The van der Waals surface area contributed by atoms with Crippen molar-refractivity contribution in [1.29, 1.82) is 0 Å². The van der Waals surface area contributed by atoms with Crippen LogP contribution in [0.3, 0.4) is 0 Å². The van der Waals surface area contributed by atoms with E-state index in [1.165, 1.54) is 22.8 Å². The van der Waals surface area contributed by atoms with E-state index in [-0.39, 0.29) is 0 Å². The van der Waals surface area contributed by atoms with Gasteiger partial charge in [0.05, 0.1) is 0 Å². The minimum absolute atomic E-state index is 0.773. The number of carboxylic acid groups (broad SMARTS) is 1. The number of carboxylic acids is 1. The lowest BCUT2D eigenvalue weighted by molar-refractivity contribution is -0.131. The molecule has 0 heterocycles. The van der Waals surface area contributed by atoms with Crippen LogP contribution in [0.1, 0.15) is 38.9 Å². The Morgan fingerprint density at radius 1 is 0.818 bits per heavy atom. The van der Waals surface area contributed by atoms with E-state index in [9.17, 15) is 9.90 Å². The number of carbonyl (C=O) groups is 1. The first-order valence-electron chi connectivity index (χ1n) is 7.42. The summed E-state index contributed by atoms with van der Waals surface area (Å²) in [6.45, 7) is 10.5. The quantitative estimate of drug-likeness (QED) is 0.830. The molecule has 0 saturated heterocycles. The van der Waals surface area contributed by atoms with E-state index in [1.54, 1.807) is 0 Å².